The number of likely N-dealkylation sites (tertiary alicyclic amines) is 2. The number of benzene rings is 4. The summed E-state index contributed by atoms with van der Waals surface area (Å²) in [4.78, 5) is 62.9. The maximum Gasteiger partial charge on any atom is 0.319 e. The highest BCUT2D eigenvalue weighted by Crippen LogP contribution is 2.43. The summed E-state index contributed by atoms with van der Waals surface area (Å²) < 4.78 is 63.9. The van der Waals surface area contributed by atoms with E-state index in [1.165, 1.54) is 17.0 Å². The first-order valence-electron chi connectivity index (χ1n) is 32.0. The first-order chi connectivity index (χ1) is 45.0. The van der Waals surface area contributed by atoms with Crippen LogP contribution in [0.4, 0.5) is 10.2 Å². The van der Waals surface area contributed by atoms with Gasteiger partial charge in [0.25, 0.3) is 5.88 Å². The molecule has 0 radical (unpaired) electrons. The van der Waals surface area contributed by atoms with Crippen molar-refractivity contribution in [3.8, 4) is 39.2 Å². The fraction of sp³-hybridized carbons (Fsp3) is 0.493. The number of β-amino-alcohol motifs (C(OH)–C–C–N with tert-alkyl or cyclic N) is 1. The van der Waals surface area contributed by atoms with E-state index in [9.17, 15) is 24.6 Å². The molecule has 4 aromatic carbocycles. The number of piperazine rings is 1. The van der Waals surface area contributed by atoms with Crippen LogP contribution in [0.15, 0.2) is 95.5 Å². The maximum absolute atomic E-state index is 17.1. The van der Waals surface area contributed by atoms with Gasteiger partial charge < -0.3 is 62.6 Å². The van der Waals surface area contributed by atoms with Crippen LogP contribution < -0.4 is 14.4 Å². The minimum absolute atomic E-state index is 0.0201. The number of phenols is 1. The second kappa shape index (κ2) is 32.8. The Labute approximate surface area is 550 Å². The van der Waals surface area contributed by atoms with Gasteiger partial charge in [-0.15, -0.1) is 11.3 Å². The normalized spacial score (nSPS) is 17.6. The van der Waals surface area contributed by atoms with E-state index in [0.29, 0.717) is 108 Å². The van der Waals surface area contributed by atoms with Crippen LogP contribution in [0, 0.1) is 18.7 Å². The van der Waals surface area contributed by atoms with Gasteiger partial charge in [0, 0.05) is 82.2 Å². The Morgan fingerprint density at radius 2 is 1.52 bits per heavy atom. The third-order valence-corrected chi connectivity index (χ3v) is 18.5. The number of fused-ring (bicyclic) bond motifs is 2. The van der Waals surface area contributed by atoms with E-state index < -0.39 is 23.9 Å². The number of thiazole rings is 1. The maximum atomic E-state index is 17.1. The van der Waals surface area contributed by atoms with Crippen molar-refractivity contribution in [3.63, 3.8) is 0 Å². The quantitative estimate of drug-likeness (QED) is 0.0295. The van der Waals surface area contributed by atoms with Gasteiger partial charge >= 0.3 is 6.01 Å². The van der Waals surface area contributed by atoms with Crippen molar-refractivity contribution in [1.82, 2.24) is 34.8 Å². The number of ether oxygens (including phenoxy) is 7. The molecular weight excluding hydrogens is 1240 g/mol. The van der Waals surface area contributed by atoms with Crippen molar-refractivity contribution >= 4 is 68.0 Å². The lowest BCUT2D eigenvalue weighted by molar-refractivity contribution is -0.140. The van der Waals surface area contributed by atoms with Crippen LogP contribution in [-0.2, 0) is 38.1 Å². The molecule has 3 aliphatic rings. The fourth-order valence-electron chi connectivity index (χ4n) is 12.4. The summed E-state index contributed by atoms with van der Waals surface area (Å²) in [6.45, 7) is 21.1. The van der Waals surface area contributed by atoms with Gasteiger partial charge in [0.2, 0.25) is 11.8 Å². The van der Waals surface area contributed by atoms with Crippen molar-refractivity contribution in [2.45, 2.75) is 96.5 Å². The number of hydrogen-bond acceptors (Lipinski definition) is 20. The number of aliphatic hydroxyl groups excluding tert-OH is 1. The van der Waals surface area contributed by atoms with Gasteiger partial charge in [-0.2, -0.15) is 9.97 Å². The minimum atomic E-state index is -0.810. The van der Waals surface area contributed by atoms with E-state index in [0.717, 1.165) is 58.4 Å². The Bertz CT molecular complexity index is 3650. The Balaban J connectivity index is 0.576. The Morgan fingerprint density at radius 3 is 2.18 bits per heavy atom. The molecule has 3 aliphatic heterocycles. The van der Waals surface area contributed by atoms with E-state index in [1.807, 2.05) is 81.4 Å². The number of halogens is 2. The molecule has 24 heteroatoms. The summed E-state index contributed by atoms with van der Waals surface area (Å²) in [5.41, 5.74) is 5.49. The smallest absolute Gasteiger partial charge is 0.319 e. The lowest BCUT2D eigenvalue weighted by Gasteiger charge is -2.35. The average molecular weight is 1320 g/mol. The molecule has 0 aliphatic carbocycles. The highest BCUT2D eigenvalue weighted by molar-refractivity contribution is 7.13. The molecule has 0 unspecified atom stereocenters. The largest absolute Gasteiger partial charge is 0.508 e. The molecule has 10 rings (SSSR count). The zero-order chi connectivity index (χ0) is 65.5. The second-order valence-corrected chi connectivity index (χ2v) is 25.5. The number of amides is 2. The number of aromatic nitrogens is 4. The Morgan fingerprint density at radius 1 is 0.839 bits per heavy atom. The van der Waals surface area contributed by atoms with Gasteiger partial charge in [-0.3, -0.25) is 19.3 Å². The van der Waals surface area contributed by atoms with Crippen molar-refractivity contribution in [2.24, 2.45) is 5.92 Å². The van der Waals surface area contributed by atoms with E-state index in [1.54, 1.807) is 34.4 Å². The molecule has 498 valence electrons. The van der Waals surface area contributed by atoms with Gasteiger partial charge in [-0.25, -0.2) is 9.37 Å². The zero-order valence-corrected chi connectivity index (χ0v) is 55.1. The highest BCUT2D eigenvalue weighted by Gasteiger charge is 2.43. The number of nitrogens with zero attached hydrogens (tertiary/aromatic N) is 8. The van der Waals surface area contributed by atoms with Gasteiger partial charge in [-0.05, 0) is 95.4 Å². The predicted molar refractivity (Wildman–Crippen MR) is 353 cm³/mol. The monoisotopic (exact) mass is 1320 g/mol. The zero-order valence-electron chi connectivity index (χ0n) is 53.5. The number of aryl methyl sites for hydroxylation is 1. The molecule has 0 spiro atoms. The van der Waals surface area contributed by atoms with Gasteiger partial charge in [-0.1, -0.05) is 87.5 Å². The average Bonchev–Trinajstić information content (AvgIpc) is 1.36. The SMILES string of the molecule is C=CC(=O)N1CCN(c2nc(O[C@H](C)CN3CCC(OCCOCCOCCOCCOCCOc4cc([C@H](C(=O)N5C[C@H](O)C[C@H]5C(=O)C[C@@H](C)c5ccc(-c6scnc6C)cc5)C(C)C)on4)CC3)nc3c(F)c(-c4cc(O)cc5ccccc45)c(Cl)cc23)CC1. The van der Waals surface area contributed by atoms with Crippen LogP contribution in [0.25, 0.3) is 43.2 Å². The Kier molecular flexibility index (Phi) is 24.2. The van der Waals surface area contributed by atoms with Crippen LogP contribution >= 0.6 is 22.9 Å². The van der Waals surface area contributed by atoms with E-state index in [2.05, 4.69) is 38.7 Å². The van der Waals surface area contributed by atoms with Crippen molar-refractivity contribution in [1.29, 1.82) is 0 Å². The lowest BCUT2D eigenvalue weighted by atomic mass is 9.89. The van der Waals surface area contributed by atoms with E-state index in [4.69, 9.17) is 54.3 Å². The summed E-state index contributed by atoms with van der Waals surface area (Å²) >= 11 is 8.53. The predicted octanol–water partition coefficient (Wildman–Crippen LogP) is 10.1. The van der Waals surface area contributed by atoms with Crippen molar-refractivity contribution < 1.29 is 66.7 Å². The van der Waals surface area contributed by atoms with Gasteiger partial charge in [0.05, 0.1) is 98.8 Å². The third-order valence-electron chi connectivity index (χ3n) is 17.2. The molecule has 5 atom stereocenters. The van der Waals surface area contributed by atoms with Crippen LogP contribution in [0.1, 0.15) is 82.2 Å². The van der Waals surface area contributed by atoms with Crippen LogP contribution in [0.3, 0.4) is 0 Å². The third kappa shape index (κ3) is 17.6. The number of aliphatic hydroxyl groups is 1. The number of Topliss-reactive ketones (excluding diaryl/α,β-unsaturated/α-hetero) is 1. The number of aromatic hydroxyl groups is 1. The first kappa shape index (κ1) is 68.7. The summed E-state index contributed by atoms with van der Waals surface area (Å²) in [6, 6.07) is 21.3. The van der Waals surface area contributed by atoms with E-state index >= 15 is 4.39 Å². The van der Waals surface area contributed by atoms with Crippen molar-refractivity contribution in [3.05, 3.63) is 119 Å². The summed E-state index contributed by atoms with van der Waals surface area (Å²) in [5, 5.41) is 27.4. The van der Waals surface area contributed by atoms with Crippen LogP contribution in [-0.4, -0.2) is 205 Å². The molecule has 21 nitrogen and oxygen atoms in total. The number of phenolic OH excluding ortho intramolecular Hbond substituents is 1. The molecule has 93 heavy (non-hydrogen) atoms. The van der Waals surface area contributed by atoms with Crippen LogP contribution in [0.2, 0.25) is 5.02 Å². The Hall–Kier alpha value is -7.19. The molecule has 3 saturated heterocycles. The molecule has 0 bridgehead atoms. The van der Waals surface area contributed by atoms with Gasteiger partial charge in [0.1, 0.15) is 35.7 Å². The first-order valence-corrected chi connectivity index (χ1v) is 33.3. The number of ketones is 1. The number of carbonyl (C=O) groups is 3. The second-order valence-electron chi connectivity index (χ2n) is 24.2. The molecule has 7 aromatic rings. The molecule has 3 fully saturated rings. The number of anilines is 1. The summed E-state index contributed by atoms with van der Waals surface area (Å²) in [5.74, 6) is -1.25. The molecular formula is C69H84ClFN8O13S. The number of hydrogen-bond donors (Lipinski definition) is 2. The number of rotatable bonds is 32. The molecule has 2 amide bonds. The highest BCUT2D eigenvalue weighted by atomic mass is 35.5. The number of carbonyl (C=O) groups excluding carboxylic acids is 3. The molecule has 3 aromatic heterocycles. The van der Waals surface area contributed by atoms with Gasteiger partial charge in [0.15, 0.2) is 17.4 Å². The lowest BCUT2D eigenvalue weighted by Crippen LogP contribution is -2.48. The fourth-order valence-corrected chi connectivity index (χ4v) is 13.5. The topological polar surface area (TPSA) is 234 Å². The summed E-state index contributed by atoms with van der Waals surface area (Å²) in [6.07, 6.45) is 2.32. The van der Waals surface area contributed by atoms with E-state index in [-0.39, 0.29) is 108 Å². The standard InChI is InChI=1S/C69H84ClFN8O13S/c1-7-61(83)77-20-22-78(23-21-77)67-55-38-56(70)63(54-36-50(80)35-49-10-8-9-11-53(49)54)64(71)65(55)73-69(74-67)91-45(5)40-76-18-16-52(17-19-76)89-32-30-87-28-26-85-24-25-86-27-29-88-31-33-90-60-39-59(92-75-60)62(43(2)3)68(84)79-41-51(81)37-57(79)58(82)34-44(4)47-12-14-48(15-13-47)66-46(6)72-42-93-66/h7-15,35-36,38-39,42-45,51-52,57,62,80-81H,1,16-34,37,40-41H2,2-6H3/t44-,45-,51-,57+,62-/m1/s1. The minimum Gasteiger partial charge on any atom is -0.508 e. The number of piperidine rings is 1. The van der Waals surface area contributed by atoms with Crippen LogP contribution in [0.5, 0.6) is 17.6 Å². The molecule has 2 N–H and O–H groups in total. The molecule has 6 heterocycles. The summed E-state index contributed by atoms with van der Waals surface area (Å²) in [7, 11) is 0. The molecule has 0 saturated carbocycles. The van der Waals surface area contributed by atoms with Crippen molar-refractivity contribution in [2.75, 3.05) is 123 Å².